The number of allylic oxidation sites excluding steroid dienone is 1. The standard InChI is InChI=1S/C19H30O2/c1-18-9-7-13(20)11-12(18)3-4-14-15-5-6-17(21)19(15,2)10-8-16(14)18/h12-13,16-17,20-21H,3-11H2,1-2H3/t12-,13-,16-,17-,18-,19-/m0/s1. The second-order valence-electron chi connectivity index (χ2n) is 8.74. The Morgan fingerprint density at radius 1 is 0.952 bits per heavy atom. The van der Waals surface area contributed by atoms with Gasteiger partial charge in [-0.1, -0.05) is 25.0 Å². The molecule has 2 N–H and O–H groups in total. The number of fused-ring (bicyclic) bond motifs is 4. The molecular weight excluding hydrogens is 260 g/mol. The number of aliphatic hydroxyl groups is 2. The first-order valence-corrected chi connectivity index (χ1v) is 9.03. The maximum absolute atomic E-state index is 10.4. The van der Waals surface area contributed by atoms with Crippen molar-refractivity contribution in [2.24, 2.45) is 22.7 Å². The number of hydrogen-bond donors (Lipinski definition) is 2. The molecule has 0 aromatic carbocycles. The lowest BCUT2D eigenvalue weighted by atomic mass is 9.49. The van der Waals surface area contributed by atoms with Crippen molar-refractivity contribution in [1.82, 2.24) is 0 Å². The first-order chi connectivity index (χ1) is 9.95. The van der Waals surface area contributed by atoms with Gasteiger partial charge in [0.15, 0.2) is 0 Å². The molecule has 21 heavy (non-hydrogen) atoms. The van der Waals surface area contributed by atoms with Gasteiger partial charge in [-0.2, -0.15) is 0 Å². The lowest BCUT2D eigenvalue weighted by molar-refractivity contribution is -0.0405. The normalized spacial score (nSPS) is 53.1. The Morgan fingerprint density at radius 3 is 2.57 bits per heavy atom. The van der Waals surface area contributed by atoms with Gasteiger partial charge in [0.2, 0.25) is 0 Å². The van der Waals surface area contributed by atoms with Gasteiger partial charge >= 0.3 is 0 Å². The summed E-state index contributed by atoms with van der Waals surface area (Å²) in [6.07, 6.45) is 10.1. The second kappa shape index (κ2) is 4.58. The maximum atomic E-state index is 10.4. The van der Waals surface area contributed by atoms with Gasteiger partial charge in [0.05, 0.1) is 12.2 Å². The first-order valence-electron chi connectivity index (χ1n) is 9.03. The average Bonchev–Trinajstić information content (AvgIpc) is 2.76. The summed E-state index contributed by atoms with van der Waals surface area (Å²) < 4.78 is 0. The molecule has 0 spiro atoms. The Labute approximate surface area is 128 Å². The van der Waals surface area contributed by atoms with Crippen molar-refractivity contribution in [2.75, 3.05) is 0 Å². The van der Waals surface area contributed by atoms with Crippen molar-refractivity contribution in [3.8, 4) is 0 Å². The molecule has 3 fully saturated rings. The van der Waals surface area contributed by atoms with Crippen LogP contribution in [0.15, 0.2) is 11.1 Å². The van der Waals surface area contributed by atoms with Crippen LogP contribution in [-0.4, -0.2) is 22.4 Å². The Balaban J connectivity index is 1.73. The lowest BCUT2D eigenvalue weighted by Crippen LogP contribution is -2.48. The van der Waals surface area contributed by atoms with E-state index < -0.39 is 0 Å². The third-order valence-corrected chi connectivity index (χ3v) is 7.92. The molecule has 4 aliphatic rings. The van der Waals surface area contributed by atoms with E-state index in [0.717, 1.165) is 31.6 Å². The fraction of sp³-hybridized carbons (Fsp3) is 0.895. The summed E-state index contributed by atoms with van der Waals surface area (Å²) in [5.41, 5.74) is 3.87. The second-order valence-corrected chi connectivity index (χ2v) is 8.74. The molecular formula is C19H30O2. The summed E-state index contributed by atoms with van der Waals surface area (Å²) >= 11 is 0. The Morgan fingerprint density at radius 2 is 1.76 bits per heavy atom. The van der Waals surface area contributed by atoms with E-state index in [2.05, 4.69) is 13.8 Å². The van der Waals surface area contributed by atoms with Crippen molar-refractivity contribution in [3.05, 3.63) is 11.1 Å². The largest absolute Gasteiger partial charge is 0.393 e. The predicted octanol–water partition coefficient (Wildman–Crippen LogP) is 3.82. The van der Waals surface area contributed by atoms with Crippen LogP contribution >= 0.6 is 0 Å². The van der Waals surface area contributed by atoms with Gasteiger partial charge in [-0.05, 0) is 75.0 Å². The van der Waals surface area contributed by atoms with Crippen LogP contribution in [0.2, 0.25) is 0 Å². The molecule has 0 bridgehead atoms. The van der Waals surface area contributed by atoms with Crippen LogP contribution in [-0.2, 0) is 0 Å². The van der Waals surface area contributed by atoms with Gasteiger partial charge in [0.25, 0.3) is 0 Å². The Kier molecular flexibility index (Phi) is 3.11. The van der Waals surface area contributed by atoms with Crippen LogP contribution < -0.4 is 0 Å². The minimum Gasteiger partial charge on any atom is -0.393 e. The number of hydrogen-bond acceptors (Lipinski definition) is 2. The average molecular weight is 290 g/mol. The number of rotatable bonds is 0. The molecule has 4 aliphatic carbocycles. The van der Waals surface area contributed by atoms with Crippen molar-refractivity contribution in [3.63, 3.8) is 0 Å². The quantitative estimate of drug-likeness (QED) is 0.666. The third-order valence-electron chi connectivity index (χ3n) is 7.92. The summed E-state index contributed by atoms with van der Waals surface area (Å²) in [6, 6.07) is 0. The summed E-state index contributed by atoms with van der Waals surface area (Å²) in [5, 5.41) is 20.5. The zero-order valence-electron chi connectivity index (χ0n) is 13.6. The Hall–Kier alpha value is -0.340. The lowest BCUT2D eigenvalue weighted by Gasteiger charge is -2.56. The van der Waals surface area contributed by atoms with Crippen molar-refractivity contribution in [2.45, 2.75) is 83.8 Å². The topological polar surface area (TPSA) is 40.5 Å². The minimum absolute atomic E-state index is 0.0561. The third kappa shape index (κ3) is 1.84. The van der Waals surface area contributed by atoms with Crippen LogP contribution in [0.3, 0.4) is 0 Å². The molecule has 118 valence electrons. The predicted molar refractivity (Wildman–Crippen MR) is 83.8 cm³/mol. The summed E-state index contributed by atoms with van der Waals surface area (Å²) in [5.74, 6) is 1.45. The van der Waals surface area contributed by atoms with Crippen LogP contribution in [0.5, 0.6) is 0 Å². The SMILES string of the molecule is C[C@]12CC[C@H](O)C[C@@H]1CCC1=C3CC[C@H](O)[C@@]3(C)CC[C@@H]12. The summed E-state index contributed by atoms with van der Waals surface area (Å²) in [6.45, 7) is 4.81. The molecule has 6 atom stereocenters. The highest BCUT2D eigenvalue weighted by molar-refractivity contribution is 5.34. The maximum Gasteiger partial charge on any atom is 0.0634 e. The highest BCUT2D eigenvalue weighted by Crippen LogP contribution is 2.63. The van der Waals surface area contributed by atoms with Gasteiger partial charge < -0.3 is 10.2 Å². The molecule has 0 heterocycles. The van der Waals surface area contributed by atoms with E-state index in [1.54, 1.807) is 11.1 Å². The highest BCUT2D eigenvalue weighted by Gasteiger charge is 2.54. The molecule has 2 nitrogen and oxygen atoms in total. The van der Waals surface area contributed by atoms with Gasteiger partial charge in [-0.15, -0.1) is 0 Å². The smallest absolute Gasteiger partial charge is 0.0634 e. The fourth-order valence-electron chi connectivity index (χ4n) is 6.45. The van der Waals surface area contributed by atoms with Crippen molar-refractivity contribution < 1.29 is 10.2 Å². The van der Waals surface area contributed by atoms with Gasteiger partial charge in [-0.25, -0.2) is 0 Å². The molecule has 0 amide bonds. The number of aliphatic hydroxyl groups excluding tert-OH is 2. The van der Waals surface area contributed by atoms with Crippen LogP contribution in [0.4, 0.5) is 0 Å². The molecule has 0 unspecified atom stereocenters. The van der Waals surface area contributed by atoms with Crippen LogP contribution in [0, 0.1) is 22.7 Å². The van der Waals surface area contributed by atoms with Crippen molar-refractivity contribution in [1.29, 1.82) is 0 Å². The zero-order valence-corrected chi connectivity index (χ0v) is 13.6. The van der Waals surface area contributed by atoms with E-state index in [0.29, 0.717) is 11.3 Å². The minimum atomic E-state index is -0.111. The molecule has 0 aliphatic heterocycles. The fourth-order valence-corrected chi connectivity index (χ4v) is 6.45. The zero-order chi connectivity index (χ0) is 14.8. The van der Waals surface area contributed by atoms with E-state index >= 15 is 0 Å². The molecule has 0 radical (unpaired) electrons. The van der Waals surface area contributed by atoms with Crippen LogP contribution in [0.1, 0.15) is 71.6 Å². The molecule has 2 heteroatoms. The first kappa shape index (κ1) is 14.3. The molecule has 0 saturated heterocycles. The summed E-state index contributed by atoms with van der Waals surface area (Å²) in [7, 11) is 0. The van der Waals surface area contributed by atoms with E-state index in [1.165, 1.54) is 32.1 Å². The van der Waals surface area contributed by atoms with E-state index in [9.17, 15) is 10.2 Å². The molecule has 0 aromatic heterocycles. The van der Waals surface area contributed by atoms with Crippen LogP contribution in [0.25, 0.3) is 0 Å². The van der Waals surface area contributed by atoms with E-state index in [-0.39, 0.29) is 17.6 Å². The monoisotopic (exact) mass is 290 g/mol. The summed E-state index contributed by atoms with van der Waals surface area (Å²) in [4.78, 5) is 0. The van der Waals surface area contributed by atoms with Gasteiger partial charge in [0, 0.05) is 5.41 Å². The van der Waals surface area contributed by atoms with Gasteiger partial charge in [0.1, 0.15) is 0 Å². The molecule has 3 saturated carbocycles. The Bertz CT molecular complexity index is 482. The van der Waals surface area contributed by atoms with E-state index in [4.69, 9.17) is 0 Å². The van der Waals surface area contributed by atoms with Crippen molar-refractivity contribution >= 4 is 0 Å². The van der Waals surface area contributed by atoms with E-state index in [1.807, 2.05) is 0 Å². The molecule has 0 aromatic rings. The van der Waals surface area contributed by atoms with Gasteiger partial charge in [-0.3, -0.25) is 0 Å². The highest BCUT2D eigenvalue weighted by atomic mass is 16.3. The molecule has 4 rings (SSSR count).